The van der Waals surface area contributed by atoms with Gasteiger partial charge in [0.15, 0.2) is 0 Å². The van der Waals surface area contributed by atoms with Gasteiger partial charge in [0.1, 0.15) is 6.29 Å². The smallest absolute Gasteiger partial charge is 0.218 e. The van der Waals surface area contributed by atoms with E-state index in [1.807, 2.05) is 0 Å². The molecule has 52 valence electrons. The lowest BCUT2D eigenvalue weighted by molar-refractivity contribution is -0.124. The fourth-order valence-electron chi connectivity index (χ4n) is 0.491. The van der Waals surface area contributed by atoms with Gasteiger partial charge in [0, 0.05) is 11.8 Å². The summed E-state index contributed by atoms with van der Waals surface area (Å²) in [6.07, 6.45) is 0.855. The monoisotopic (exact) mass is 129 g/mol. The van der Waals surface area contributed by atoms with E-state index < -0.39 is 11.3 Å². The van der Waals surface area contributed by atoms with Crippen molar-refractivity contribution in [3.05, 3.63) is 0 Å². The average molecular weight is 129 g/mol. The first kappa shape index (κ1) is 8.14. The summed E-state index contributed by atoms with van der Waals surface area (Å²) in [6, 6.07) is 0. The molecule has 3 nitrogen and oxygen atoms in total. The van der Waals surface area contributed by atoms with Gasteiger partial charge in [0.25, 0.3) is 0 Å². The number of amides is 1. The number of carbonyl (C=O) groups excluding carboxylic acids is 2. The molecule has 0 spiro atoms. The molecule has 0 aliphatic rings. The van der Waals surface area contributed by atoms with Crippen LogP contribution in [0.15, 0.2) is 0 Å². The van der Waals surface area contributed by atoms with Gasteiger partial charge in [0.2, 0.25) is 5.91 Å². The molecule has 0 aromatic carbocycles. The number of hydrogen-bond donors (Lipinski definition) is 1. The molecule has 0 aliphatic heterocycles. The first-order valence-electron chi connectivity index (χ1n) is 2.72. The molecule has 0 aromatic heterocycles. The van der Waals surface area contributed by atoms with E-state index in [1.165, 1.54) is 0 Å². The molecular formula is C6H11NO2. The molecule has 0 aromatic rings. The van der Waals surface area contributed by atoms with Gasteiger partial charge in [-0.15, -0.1) is 0 Å². The molecule has 0 radical (unpaired) electrons. The predicted octanol–water partition coefficient (Wildman–Crippen LogP) is 0.0869. The number of primary amides is 1. The topological polar surface area (TPSA) is 60.2 Å². The van der Waals surface area contributed by atoms with E-state index in [0.29, 0.717) is 0 Å². The third-order valence-electron chi connectivity index (χ3n) is 0.949. The van der Waals surface area contributed by atoms with Crippen molar-refractivity contribution >= 4 is 12.2 Å². The number of rotatable bonds is 3. The van der Waals surface area contributed by atoms with E-state index in [-0.39, 0.29) is 6.42 Å². The van der Waals surface area contributed by atoms with Crippen molar-refractivity contribution in [2.45, 2.75) is 20.3 Å². The zero-order valence-corrected chi connectivity index (χ0v) is 5.68. The van der Waals surface area contributed by atoms with Crippen LogP contribution in [0.25, 0.3) is 0 Å². The van der Waals surface area contributed by atoms with Gasteiger partial charge in [0.05, 0.1) is 0 Å². The minimum Gasteiger partial charge on any atom is -0.370 e. The van der Waals surface area contributed by atoms with E-state index >= 15 is 0 Å². The van der Waals surface area contributed by atoms with Gasteiger partial charge in [-0.1, -0.05) is 13.8 Å². The molecule has 1 amide bonds. The standard InChI is InChI=1S/C6H11NO2/c1-6(2,4-8)3-5(7)9/h4H,3H2,1-2H3,(H2,7,9). The maximum absolute atomic E-state index is 10.2. The van der Waals surface area contributed by atoms with E-state index in [1.54, 1.807) is 13.8 Å². The zero-order valence-electron chi connectivity index (χ0n) is 5.68. The van der Waals surface area contributed by atoms with Crippen LogP contribution < -0.4 is 5.73 Å². The second-order valence-corrected chi connectivity index (χ2v) is 2.75. The number of hydrogen-bond acceptors (Lipinski definition) is 2. The Kier molecular flexibility index (Phi) is 2.37. The van der Waals surface area contributed by atoms with Crippen LogP contribution in [0.3, 0.4) is 0 Å². The Morgan fingerprint density at radius 1 is 1.67 bits per heavy atom. The Labute approximate surface area is 54.2 Å². The summed E-state index contributed by atoms with van der Waals surface area (Å²) >= 11 is 0. The Morgan fingerprint density at radius 2 is 2.11 bits per heavy atom. The highest BCUT2D eigenvalue weighted by Gasteiger charge is 2.18. The lowest BCUT2D eigenvalue weighted by Crippen LogP contribution is -2.23. The third-order valence-corrected chi connectivity index (χ3v) is 0.949. The summed E-state index contributed by atoms with van der Waals surface area (Å²) in [5.74, 6) is -0.438. The van der Waals surface area contributed by atoms with Crippen molar-refractivity contribution in [3.8, 4) is 0 Å². The van der Waals surface area contributed by atoms with Crippen molar-refractivity contribution in [2.24, 2.45) is 11.1 Å². The van der Waals surface area contributed by atoms with Gasteiger partial charge in [-0.3, -0.25) is 4.79 Å². The molecule has 0 saturated carbocycles. The van der Waals surface area contributed by atoms with Gasteiger partial charge >= 0.3 is 0 Å². The van der Waals surface area contributed by atoms with Gasteiger partial charge in [-0.25, -0.2) is 0 Å². The minimum atomic E-state index is -0.591. The van der Waals surface area contributed by atoms with Crippen LogP contribution in [0.1, 0.15) is 20.3 Å². The number of nitrogens with two attached hydrogens (primary N) is 1. The Balaban J connectivity index is 3.86. The molecule has 2 N–H and O–H groups in total. The first-order valence-corrected chi connectivity index (χ1v) is 2.72. The molecule has 0 aliphatic carbocycles. The molecule has 0 atom stereocenters. The normalized spacial score (nSPS) is 10.9. The second kappa shape index (κ2) is 2.62. The second-order valence-electron chi connectivity index (χ2n) is 2.75. The van der Waals surface area contributed by atoms with Crippen LogP contribution in [0.4, 0.5) is 0 Å². The fourth-order valence-corrected chi connectivity index (χ4v) is 0.491. The number of carbonyl (C=O) groups is 2. The molecule has 3 heteroatoms. The van der Waals surface area contributed by atoms with Crippen molar-refractivity contribution < 1.29 is 9.59 Å². The summed E-state index contributed by atoms with van der Waals surface area (Å²) in [7, 11) is 0. The largest absolute Gasteiger partial charge is 0.370 e. The highest BCUT2D eigenvalue weighted by atomic mass is 16.1. The maximum Gasteiger partial charge on any atom is 0.218 e. The van der Waals surface area contributed by atoms with Crippen LogP contribution in [0.5, 0.6) is 0 Å². The lowest BCUT2D eigenvalue weighted by atomic mass is 9.91. The SMILES string of the molecule is CC(C)(C=O)CC(N)=O. The highest BCUT2D eigenvalue weighted by molar-refractivity contribution is 5.78. The number of aldehydes is 1. The summed E-state index contributed by atoms with van der Waals surface area (Å²) in [5.41, 5.74) is 4.26. The molecule has 0 bridgehead atoms. The van der Waals surface area contributed by atoms with Crippen LogP contribution in [0.2, 0.25) is 0 Å². The highest BCUT2D eigenvalue weighted by Crippen LogP contribution is 2.14. The van der Waals surface area contributed by atoms with Crippen molar-refractivity contribution in [1.29, 1.82) is 0 Å². The summed E-state index contributed by atoms with van der Waals surface area (Å²) in [5, 5.41) is 0. The Morgan fingerprint density at radius 3 is 2.22 bits per heavy atom. The van der Waals surface area contributed by atoms with Gasteiger partial charge < -0.3 is 10.5 Å². The van der Waals surface area contributed by atoms with E-state index in [9.17, 15) is 9.59 Å². The van der Waals surface area contributed by atoms with Crippen molar-refractivity contribution in [2.75, 3.05) is 0 Å². The molecule has 9 heavy (non-hydrogen) atoms. The zero-order chi connectivity index (χ0) is 7.49. The van der Waals surface area contributed by atoms with Crippen molar-refractivity contribution in [1.82, 2.24) is 0 Å². The molecule has 0 unspecified atom stereocenters. The third kappa shape index (κ3) is 3.70. The van der Waals surface area contributed by atoms with Crippen LogP contribution in [-0.4, -0.2) is 12.2 Å². The Bertz CT molecular complexity index is 129. The minimum absolute atomic E-state index is 0.122. The average Bonchev–Trinajstić information content (AvgIpc) is 1.63. The lowest BCUT2D eigenvalue weighted by Gasteiger charge is -2.12. The molecule has 0 fully saturated rings. The van der Waals surface area contributed by atoms with Gasteiger partial charge in [-0.2, -0.15) is 0 Å². The maximum atomic E-state index is 10.2. The van der Waals surface area contributed by atoms with Crippen LogP contribution >= 0.6 is 0 Å². The quantitative estimate of drug-likeness (QED) is 0.549. The molecule has 0 rings (SSSR count). The van der Waals surface area contributed by atoms with Crippen LogP contribution in [0, 0.1) is 5.41 Å². The van der Waals surface area contributed by atoms with E-state index in [0.717, 1.165) is 6.29 Å². The van der Waals surface area contributed by atoms with E-state index in [2.05, 4.69) is 0 Å². The summed E-state index contributed by atoms with van der Waals surface area (Å²) in [6.45, 7) is 3.34. The summed E-state index contributed by atoms with van der Waals surface area (Å²) in [4.78, 5) is 20.4. The molecular weight excluding hydrogens is 118 g/mol. The first-order chi connectivity index (χ1) is 3.98. The molecule has 0 heterocycles. The predicted molar refractivity (Wildman–Crippen MR) is 33.7 cm³/mol. The van der Waals surface area contributed by atoms with Gasteiger partial charge in [-0.05, 0) is 0 Å². The van der Waals surface area contributed by atoms with Crippen LogP contribution in [-0.2, 0) is 9.59 Å². The van der Waals surface area contributed by atoms with Crippen molar-refractivity contribution in [3.63, 3.8) is 0 Å². The fraction of sp³-hybridized carbons (Fsp3) is 0.667. The Hall–Kier alpha value is -0.860. The molecule has 0 saturated heterocycles. The van der Waals surface area contributed by atoms with E-state index in [4.69, 9.17) is 5.73 Å². The summed E-state index contributed by atoms with van der Waals surface area (Å²) < 4.78 is 0.